The van der Waals surface area contributed by atoms with E-state index in [2.05, 4.69) is 56.6 Å². The average Bonchev–Trinajstić information content (AvgIpc) is 2.92. The lowest BCUT2D eigenvalue weighted by atomic mass is 10.1. The third kappa shape index (κ3) is 4.69. The van der Waals surface area contributed by atoms with Crippen LogP contribution in [0.2, 0.25) is 0 Å². The number of aryl methyl sites for hydroxylation is 1. The van der Waals surface area contributed by atoms with Crippen molar-refractivity contribution in [2.75, 3.05) is 44.3 Å². The molecule has 2 aliphatic rings. The third-order valence-electron chi connectivity index (χ3n) is 5.49. The first kappa shape index (κ1) is 20.3. The van der Waals surface area contributed by atoms with Gasteiger partial charge in [-0.3, -0.25) is 9.69 Å². The minimum absolute atomic E-state index is 0.250. The van der Waals surface area contributed by atoms with Crippen molar-refractivity contribution in [3.8, 4) is 0 Å². The second-order valence-corrected chi connectivity index (χ2v) is 7.13. The first-order valence-electron chi connectivity index (χ1n) is 9.74. The van der Waals surface area contributed by atoms with Crippen molar-refractivity contribution in [2.45, 2.75) is 33.4 Å². The number of carbonyl (C=O) groups is 1. The molecule has 0 unspecified atom stereocenters. The van der Waals surface area contributed by atoms with Crippen LogP contribution in [0.5, 0.6) is 0 Å². The van der Waals surface area contributed by atoms with E-state index in [1.165, 1.54) is 16.8 Å². The number of nitrogens with zero attached hydrogens (tertiary/aromatic N) is 5. The van der Waals surface area contributed by atoms with Crippen molar-refractivity contribution in [2.24, 2.45) is 0 Å². The van der Waals surface area contributed by atoms with Gasteiger partial charge in [0.2, 0.25) is 0 Å². The topological polar surface area (TPSA) is 83.7 Å². The Kier molecular flexibility index (Phi) is 7.00. The normalized spacial score (nSPS) is 17.3. The predicted molar refractivity (Wildman–Crippen MR) is 107 cm³/mol. The summed E-state index contributed by atoms with van der Waals surface area (Å²) in [6.07, 6.45) is 0.868. The molecule has 1 fully saturated rings. The highest BCUT2D eigenvalue weighted by atomic mass is 16.5. The van der Waals surface area contributed by atoms with E-state index in [-0.39, 0.29) is 6.47 Å². The van der Waals surface area contributed by atoms with Gasteiger partial charge in [-0.15, -0.1) is 10.2 Å². The Morgan fingerprint density at radius 1 is 1.11 bits per heavy atom. The highest BCUT2D eigenvalue weighted by Crippen LogP contribution is 2.24. The summed E-state index contributed by atoms with van der Waals surface area (Å²) in [6, 6.07) is 6.60. The quantitative estimate of drug-likeness (QED) is 0.799. The molecule has 152 valence electrons. The Hall–Kier alpha value is -2.45. The van der Waals surface area contributed by atoms with Crippen molar-refractivity contribution in [1.29, 1.82) is 0 Å². The van der Waals surface area contributed by atoms with Crippen LogP contribution in [0, 0.1) is 13.8 Å². The van der Waals surface area contributed by atoms with Crippen molar-refractivity contribution in [1.82, 2.24) is 19.7 Å². The maximum absolute atomic E-state index is 8.36. The number of piperazine rings is 1. The molecule has 3 heterocycles. The van der Waals surface area contributed by atoms with Crippen molar-refractivity contribution in [3.05, 3.63) is 41.0 Å². The Labute approximate surface area is 165 Å². The molecule has 1 aromatic heterocycles. The number of benzene rings is 1. The molecule has 0 atom stereocenters. The van der Waals surface area contributed by atoms with Crippen molar-refractivity contribution < 1.29 is 14.6 Å². The molecule has 1 saturated heterocycles. The molecule has 0 bridgehead atoms. The number of carboxylic acid groups (broad SMARTS) is 1. The molecule has 1 aromatic carbocycles. The summed E-state index contributed by atoms with van der Waals surface area (Å²) in [5.74, 6) is 2.15. The third-order valence-corrected chi connectivity index (χ3v) is 5.49. The number of hydrogen-bond acceptors (Lipinski definition) is 6. The molecule has 1 N–H and O–H groups in total. The minimum Gasteiger partial charge on any atom is -0.483 e. The van der Waals surface area contributed by atoms with Crippen LogP contribution in [0.15, 0.2) is 18.2 Å². The number of rotatable bonds is 3. The number of anilines is 1. The lowest BCUT2D eigenvalue weighted by molar-refractivity contribution is -0.122. The van der Waals surface area contributed by atoms with Crippen LogP contribution >= 0.6 is 0 Å². The minimum atomic E-state index is -0.250. The zero-order valence-electron chi connectivity index (χ0n) is 16.7. The molecule has 2 aromatic rings. The molecule has 28 heavy (non-hydrogen) atoms. The van der Waals surface area contributed by atoms with Gasteiger partial charge in [0.1, 0.15) is 11.6 Å². The fraction of sp³-hybridized carbons (Fsp3) is 0.550. The van der Waals surface area contributed by atoms with Gasteiger partial charge < -0.3 is 19.3 Å². The summed E-state index contributed by atoms with van der Waals surface area (Å²) in [4.78, 5) is 13.4. The van der Waals surface area contributed by atoms with E-state index < -0.39 is 0 Å². The van der Waals surface area contributed by atoms with Crippen LogP contribution in [0.4, 0.5) is 5.69 Å². The van der Waals surface area contributed by atoms with Gasteiger partial charge >= 0.3 is 0 Å². The maximum atomic E-state index is 8.36. The van der Waals surface area contributed by atoms with E-state index in [0.717, 1.165) is 70.6 Å². The molecule has 0 saturated carbocycles. The van der Waals surface area contributed by atoms with Gasteiger partial charge in [-0.2, -0.15) is 0 Å². The Morgan fingerprint density at radius 3 is 2.61 bits per heavy atom. The molecule has 0 amide bonds. The second-order valence-electron chi connectivity index (χ2n) is 7.13. The SMILES string of the molecule is Cc1cccc(N2CCN(Cc3nnc4n3CCOCC4)CC2)c1C.O=CO. The predicted octanol–water partition coefficient (Wildman–Crippen LogP) is 1.49. The summed E-state index contributed by atoms with van der Waals surface area (Å²) in [7, 11) is 0. The molecule has 8 heteroatoms. The highest BCUT2D eigenvalue weighted by molar-refractivity contribution is 5.56. The molecule has 0 radical (unpaired) electrons. The van der Waals surface area contributed by atoms with Crippen LogP contribution in [-0.4, -0.2) is 70.6 Å². The number of aromatic nitrogens is 3. The molecule has 8 nitrogen and oxygen atoms in total. The van der Waals surface area contributed by atoms with Gasteiger partial charge in [-0.05, 0) is 31.0 Å². The zero-order chi connectivity index (χ0) is 19.9. The van der Waals surface area contributed by atoms with E-state index >= 15 is 0 Å². The standard InChI is InChI=1S/C19H27N5O.CH2O2/c1-15-4-3-5-17(16(15)2)23-9-7-22(8-10-23)14-19-21-20-18-6-12-25-13-11-24(18)19;2-1-3/h3-5H,6-14H2,1-2H3;1H,(H,2,3). The van der Waals surface area contributed by atoms with Gasteiger partial charge in [0.15, 0.2) is 0 Å². The fourth-order valence-electron chi connectivity index (χ4n) is 3.78. The first-order valence-corrected chi connectivity index (χ1v) is 9.74. The van der Waals surface area contributed by atoms with Crippen LogP contribution in [0.1, 0.15) is 22.8 Å². The van der Waals surface area contributed by atoms with Crippen LogP contribution in [0.3, 0.4) is 0 Å². The van der Waals surface area contributed by atoms with Gasteiger partial charge in [0.05, 0.1) is 19.8 Å². The average molecular weight is 387 g/mol. The van der Waals surface area contributed by atoms with E-state index in [1.54, 1.807) is 0 Å². The molecule has 0 aliphatic carbocycles. The number of fused-ring (bicyclic) bond motifs is 1. The van der Waals surface area contributed by atoms with Crippen LogP contribution < -0.4 is 4.90 Å². The molecule has 0 spiro atoms. The van der Waals surface area contributed by atoms with E-state index in [4.69, 9.17) is 14.6 Å². The van der Waals surface area contributed by atoms with Crippen LogP contribution in [0.25, 0.3) is 0 Å². The van der Waals surface area contributed by atoms with Gasteiger partial charge in [-0.1, -0.05) is 12.1 Å². The largest absolute Gasteiger partial charge is 0.483 e. The first-order chi connectivity index (χ1) is 13.6. The Morgan fingerprint density at radius 2 is 1.86 bits per heavy atom. The highest BCUT2D eigenvalue weighted by Gasteiger charge is 2.22. The summed E-state index contributed by atoms with van der Waals surface area (Å²) in [5.41, 5.74) is 4.15. The van der Waals surface area contributed by atoms with E-state index in [9.17, 15) is 0 Å². The van der Waals surface area contributed by atoms with Crippen molar-refractivity contribution >= 4 is 12.2 Å². The molecule has 2 aliphatic heterocycles. The lowest BCUT2D eigenvalue weighted by Crippen LogP contribution is -2.46. The lowest BCUT2D eigenvalue weighted by Gasteiger charge is -2.36. The van der Waals surface area contributed by atoms with E-state index in [0.29, 0.717) is 0 Å². The molecular weight excluding hydrogens is 358 g/mol. The molecular formula is C20H29N5O3. The van der Waals surface area contributed by atoms with Gasteiger partial charge in [-0.25, -0.2) is 0 Å². The summed E-state index contributed by atoms with van der Waals surface area (Å²) >= 11 is 0. The Bertz CT molecular complexity index is 784. The van der Waals surface area contributed by atoms with Gasteiger partial charge in [0, 0.05) is 44.8 Å². The Balaban J connectivity index is 0.000000706. The number of ether oxygens (including phenoxy) is 1. The van der Waals surface area contributed by atoms with Gasteiger partial charge in [0.25, 0.3) is 6.47 Å². The summed E-state index contributed by atoms with van der Waals surface area (Å²) in [5, 5.41) is 15.7. The van der Waals surface area contributed by atoms with Crippen molar-refractivity contribution in [3.63, 3.8) is 0 Å². The second kappa shape index (κ2) is 9.66. The summed E-state index contributed by atoms with van der Waals surface area (Å²) in [6.45, 7) is 11.7. The maximum Gasteiger partial charge on any atom is 0.290 e. The fourth-order valence-corrected chi connectivity index (χ4v) is 3.78. The summed E-state index contributed by atoms with van der Waals surface area (Å²) < 4.78 is 7.81. The zero-order valence-corrected chi connectivity index (χ0v) is 16.7. The number of hydrogen-bond donors (Lipinski definition) is 1. The van der Waals surface area contributed by atoms with E-state index in [1.807, 2.05) is 0 Å². The van der Waals surface area contributed by atoms with Crippen LogP contribution in [-0.2, 0) is 29.0 Å². The molecule has 4 rings (SSSR count). The monoisotopic (exact) mass is 387 g/mol. The smallest absolute Gasteiger partial charge is 0.290 e.